The van der Waals surface area contributed by atoms with Gasteiger partial charge in [-0.1, -0.05) is 20.8 Å². The fraction of sp³-hybridized carbons (Fsp3) is 0.591. The lowest BCUT2D eigenvalue weighted by atomic mass is 9.91. The summed E-state index contributed by atoms with van der Waals surface area (Å²) >= 11 is 0. The number of rotatable bonds is 4. The Morgan fingerprint density at radius 1 is 1.24 bits per heavy atom. The molecule has 7 heteroatoms. The van der Waals surface area contributed by atoms with Gasteiger partial charge in [-0.2, -0.15) is 0 Å². The summed E-state index contributed by atoms with van der Waals surface area (Å²) in [6.45, 7) is 7.11. The lowest BCUT2D eigenvalue weighted by molar-refractivity contribution is -0.142. The SMILES string of the molecule is COCN1C(=O)CCc2cc(NC(=O)[C@H]3CCCN(C(=O)C(C)(C)C)C3)ccc21. The number of likely N-dealkylation sites (tertiary alicyclic amines) is 1. The van der Waals surface area contributed by atoms with Crippen LogP contribution in [0.25, 0.3) is 0 Å². The summed E-state index contributed by atoms with van der Waals surface area (Å²) in [5, 5.41) is 3.01. The van der Waals surface area contributed by atoms with Gasteiger partial charge in [0.1, 0.15) is 6.73 Å². The summed E-state index contributed by atoms with van der Waals surface area (Å²) in [7, 11) is 1.56. The average molecular weight is 402 g/mol. The molecule has 158 valence electrons. The van der Waals surface area contributed by atoms with Crippen LogP contribution in [-0.2, 0) is 25.5 Å². The Labute approximate surface area is 172 Å². The number of hydrogen-bond donors (Lipinski definition) is 1. The number of methoxy groups -OCH3 is 1. The highest BCUT2D eigenvalue weighted by Gasteiger charge is 2.33. The first-order valence-corrected chi connectivity index (χ1v) is 10.2. The number of aryl methyl sites for hydroxylation is 1. The number of carbonyl (C=O) groups excluding carboxylic acids is 3. The van der Waals surface area contributed by atoms with Crippen LogP contribution in [0.15, 0.2) is 18.2 Å². The molecule has 2 aliphatic heterocycles. The molecule has 1 aromatic rings. The number of ether oxygens (including phenoxy) is 1. The smallest absolute Gasteiger partial charge is 0.229 e. The van der Waals surface area contributed by atoms with Gasteiger partial charge >= 0.3 is 0 Å². The molecule has 0 aromatic heterocycles. The van der Waals surface area contributed by atoms with Crippen LogP contribution < -0.4 is 10.2 Å². The van der Waals surface area contributed by atoms with Gasteiger partial charge in [0.05, 0.1) is 5.92 Å². The third-order valence-electron chi connectivity index (χ3n) is 5.53. The molecule has 2 aliphatic rings. The molecular formula is C22H31N3O4. The Bertz CT molecular complexity index is 800. The Morgan fingerprint density at radius 2 is 2.00 bits per heavy atom. The Kier molecular flexibility index (Phi) is 6.27. The Balaban J connectivity index is 1.68. The Hall–Kier alpha value is -2.41. The summed E-state index contributed by atoms with van der Waals surface area (Å²) in [4.78, 5) is 41.0. The van der Waals surface area contributed by atoms with E-state index in [0.717, 1.165) is 29.8 Å². The largest absolute Gasteiger partial charge is 0.364 e. The third kappa shape index (κ3) is 4.78. The second kappa shape index (κ2) is 8.53. The molecule has 0 spiro atoms. The van der Waals surface area contributed by atoms with Gasteiger partial charge in [0.15, 0.2) is 0 Å². The number of anilines is 2. The summed E-state index contributed by atoms with van der Waals surface area (Å²) in [6.07, 6.45) is 2.69. The normalized spacial score (nSPS) is 19.7. The first-order valence-electron chi connectivity index (χ1n) is 10.2. The van der Waals surface area contributed by atoms with Gasteiger partial charge in [0.2, 0.25) is 17.7 Å². The van der Waals surface area contributed by atoms with Gasteiger partial charge in [-0.05, 0) is 43.0 Å². The van der Waals surface area contributed by atoms with E-state index in [1.807, 2.05) is 43.9 Å². The molecule has 1 N–H and O–H groups in total. The number of carbonyl (C=O) groups is 3. The number of nitrogens with one attached hydrogen (secondary N) is 1. The zero-order valence-electron chi connectivity index (χ0n) is 17.8. The van der Waals surface area contributed by atoms with E-state index in [4.69, 9.17) is 4.74 Å². The molecule has 1 aromatic carbocycles. The molecule has 1 fully saturated rings. The van der Waals surface area contributed by atoms with Crippen LogP contribution in [-0.4, -0.2) is 49.6 Å². The fourth-order valence-electron chi connectivity index (χ4n) is 4.00. The highest BCUT2D eigenvalue weighted by atomic mass is 16.5. The van der Waals surface area contributed by atoms with Crippen molar-refractivity contribution in [2.24, 2.45) is 11.3 Å². The minimum atomic E-state index is -0.442. The summed E-state index contributed by atoms with van der Waals surface area (Å²) < 4.78 is 5.14. The van der Waals surface area contributed by atoms with Crippen LogP contribution in [0.1, 0.15) is 45.6 Å². The van der Waals surface area contributed by atoms with Crippen molar-refractivity contribution in [3.63, 3.8) is 0 Å². The van der Waals surface area contributed by atoms with Crippen molar-refractivity contribution in [2.75, 3.05) is 37.1 Å². The van der Waals surface area contributed by atoms with Crippen LogP contribution in [0.3, 0.4) is 0 Å². The van der Waals surface area contributed by atoms with Crippen LogP contribution in [0, 0.1) is 11.3 Å². The van der Waals surface area contributed by atoms with E-state index in [9.17, 15) is 14.4 Å². The summed E-state index contributed by atoms with van der Waals surface area (Å²) in [5.74, 6) is -0.136. The predicted octanol–water partition coefficient (Wildman–Crippen LogP) is 2.79. The van der Waals surface area contributed by atoms with Gasteiger partial charge in [-0.3, -0.25) is 19.3 Å². The van der Waals surface area contributed by atoms with Crippen molar-refractivity contribution in [1.82, 2.24) is 4.90 Å². The lowest BCUT2D eigenvalue weighted by Crippen LogP contribution is -2.47. The van der Waals surface area contributed by atoms with Crippen molar-refractivity contribution in [2.45, 2.75) is 46.5 Å². The fourth-order valence-corrected chi connectivity index (χ4v) is 4.00. The number of hydrogen-bond acceptors (Lipinski definition) is 4. The first-order chi connectivity index (χ1) is 13.7. The van der Waals surface area contributed by atoms with Crippen LogP contribution >= 0.6 is 0 Å². The predicted molar refractivity (Wildman–Crippen MR) is 112 cm³/mol. The monoisotopic (exact) mass is 401 g/mol. The molecule has 3 amide bonds. The molecule has 2 heterocycles. The molecular weight excluding hydrogens is 370 g/mol. The van der Waals surface area contributed by atoms with Crippen molar-refractivity contribution >= 4 is 29.1 Å². The number of fused-ring (bicyclic) bond motifs is 1. The van der Waals surface area contributed by atoms with Gasteiger partial charge in [-0.15, -0.1) is 0 Å². The molecule has 7 nitrogen and oxygen atoms in total. The van der Waals surface area contributed by atoms with Crippen molar-refractivity contribution in [1.29, 1.82) is 0 Å². The number of nitrogens with zero attached hydrogens (tertiary/aromatic N) is 2. The highest BCUT2D eigenvalue weighted by Crippen LogP contribution is 2.31. The van der Waals surface area contributed by atoms with E-state index in [2.05, 4.69) is 5.32 Å². The molecule has 3 rings (SSSR count). The third-order valence-corrected chi connectivity index (χ3v) is 5.53. The molecule has 0 aliphatic carbocycles. The maximum atomic E-state index is 12.8. The standard InChI is InChI=1S/C22H31N3O4/c1-22(2,3)21(28)24-11-5-6-16(13-24)20(27)23-17-8-9-18-15(12-17)7-10-19(26)25(18)14-29-4/h8-9,12,16H,5-7,10-11,13-14H2,1-4H3,(H,23,27)/t16-/m0/s1. The molecule has 29 heavy (non-hydrogen) atoms. The van der Waals surface area contributed by atoms with Crippen molar-refractivity contribution < 1.29 is 19.1 Å². The van der Waals surface area contributed by atoms with Crippen molar-refractivity contribution in [3.8, 4) is 0 Å². The average Bonchev–Trinajstić information content (AvgIpc) is 2.69. The van der Waals surface area contributed by atoms with Crippen LogP contribution in [0.4, 0.5) is 11.4 Å². The second-order valence-electron chi connectivity index (χ2n) is 8.91. The van der Waals surface area contributed by atoms with Crippen LogP contribution in [0.5, 0.6) is 0 Å². The van der Waals surface area contributed by atoms with E-state index in [1.165, 1.54) is 0 Å². The van der Waals surface area contributed by atoms with Gasteiger partial charge in [0.25, 0.3) is 0 Å². The molecule has 0 bridgehead atoms. The quantitative estimate of drug-likeness (QED) is 0.841. The van der Waals surface area contributed by atoms with E-state index in [1.54, 1.807) is 12.0 Å². The first kappa shape index (κ1) is 21.3. The topological polar surface area (TPSA) is 79.0 Å². The molecule has 1 atom stereocenters. The Morgan fingerprint density at radius 3 is 2.69 bits per heavy atom. The van der Waals surface area contributed by atoms with E-state index >= 15 is 0 Å². The van der Waals surface area contributed by atoms with E-state index < -0.39 is 5.41 Å². The number of benzene rings is 1. The maximum Gasteiger partial charge on any atom is 0.229 e. The van der Waals surface area contributed by atoms with Gasteiger partial charge in [-0.25, -0.2) is 0 Å². The van der Waals surface area contributed by atoms with E-state index in [-0.39, 0.29) is 30.4 Å². The summed E-state index contributed by atoms with van der Waals surface area (Å²) in [6, 6.07) is 5.61. The van der Waals surface area contributed by atoms with Crippen LogP contribution in [0.2, 0.25) is 0 Å². The molecule has 0 unspecified atom stereocenters. The van der Waals surface area contributed by atoms with Gasteiger partial charge < -0.3 is 15.0 Å². The van der Waals surface area contributed by atoms with E-state index in [0.29, 0.717) is 25.9 Å². The van der Waals surface area contributed by atoms with Crippen molar-refractivity contribution in [3.05, 3.63) is 23.8 Å². The highest BCUT2D eigenvalue weighted by molar-refractivity contribution is 5.98. The lowest BCUT2D eigenvalue weighted by Gasteiger charge is -2.36. The van der Waals surface area contributed by atoms with Gasteiger partial charge in [0, 0.05) is 43.4 Å². The summed E-state index contributed by atoms with van der Waals surface area (Å²) in [5.41, 5.74) is 2.13. The number of piperidine rings is 1. The minimum Gasteiger partial charge on any atom is -0.364 e. The molecule has 1 saturated heterocycles. The maximum absolute atomic E-state index is 12.8. The zero-order chi connectivity index (χ0) is 21.2. The minimum absolute atomic E-state index is 0.0435. The zero-order valence-corrected chi connectivity index (χ0v) is 17.8. The number of amides is 3. The molecule has 0 saturated carbocycles. The second-order valence-corrected chi connectivity index (χ2v) is 8.91. The molecule has 0 radical (unpaired) electrons.